The molecule has 0 saturated heterocycles. The number of carbonyl (C=O) groups is 1. The fourth-order valence-corrected chi connectivity index (χ4v) is 2.36. The Morgan fingerprint density at radius 1 is 1.33 bits per heavy atom. The first-order valence-corrected chi connectivity index (χ1v) is 6.90. The Morgan fingerprint density at radius 2 is 2.19 bits per heavy atom. The van der Waals surface area contributed by atoms with Crippen LogP contribution in [0.15, 0.2) is 48.9 Å². The zero-order chi connectivity index (χ0) is 14.8. The van der Waals surface area contributed by atoms with E-state index in [9.17, 15) is 10.0 Å². The molecule has 3 aromatic rings. The molecule has 2 aromatic heterocycles. The molecule has 0 bridgehead atoms. The number of aromatic nitrogens is 3. The summed E-state index contributed by atoms with van der Waals surface area (Å²) in [4.78, 5) is 12.2. The van der Waals surface area contributed by atoms with Gasteiger partial charge in [0.1, 0.15) is 5.69 Å². The van der Waals surface area contributed by atoms with Crippen LogP contribution in [0.1, 0.15) is 30.1 Å². The summed E-state index contributed by atoms with van der Waals surface area (Å²) in [6.45, 7) is 1.98. The van der Waals surface area contributed by atoms with Gasteiger partial charge in [-0.25, -0.2) is 4.68 Å². The van der Waals surface area contributed by atoms with Gasteiger partial charge in [-0.15, -0.1) is 0 Å². The first-order chi connectivity index (χ1) is 10.2. The molecule has 0 atom stereocenters. The Kier molecular flexibility index (Phi) is 3.39. The second-order valence-electron chi connectivity index (χ2n) is 4.91. The highest BCUT2D eigenvalue weighted by Gasteiger charge is 2.13. The fraction of sp³-hybridized carbons (Fsp3) is 0.188. The number of benzene rings is 1. The topological polar surface area (TPSA) is 61.8 Å². The standard InChI is InChI=1S/C16H15N3O2/c1-2-5-16(20)13-7-3-8-15-14(13)11-19(17-15)12-6-4-9-18(21)10-12/h3-4,6-11H,2,5H2,1H3. The van der Waals surface area contributed by atoms with E-state index in [4.69, 9.17) is 0 Å². The van der Waals surface area contributed by atoms with Crippen molar-refractivity contribution in [1.29, 1.82) is 0 Å². The van der Waals surface area contributed by atoms with E-state index in [0.717, 1.165) is 22.1 Å². The van der Waals surface area contributed by atoms with Crippen LogP contribution in [0.25, 0.3) is 16.6 Å². The van der Waals surface area contributed by atoms with Gasteiger partial charge >= 0.3 is 0 Å². The first kappa shape index (κ1) is 13.3. The van der Waals surface area contributed by atoms with Crippen molar-refractivity contribution in [2.24, 2.45) is 0 Å². The van der Waals surface area contributed by atoms with Crippen LogP contribution in [-0.2, 0) is 0 Å². The van der Waals surface area contributed by atoms with Crippen LogP contribution in [-0.4, -0.2) is 15.6 Å². The molecule has 0 amide bonds. The SMILES string of the molecule is CCCC(=O)c1cccc2nn(-c3ccc[n+]([O-])c3)cc12. The number of hydrogen-bond donors (Lipinski definition) is 0. The first-order valence-electron chi connectivity index (χ1n) is 6.90. The predicted octanol–water partition coefficient (Wildman–Crippen LogP) is 2.64. The summed E-state index contributed by atoms with van der Waals surface area (Å²) in [5.41, 5.74) is 2.10. The molecule has 3 rings (SSSR count). The van der Waals surface area contributed by atoms with E-state index in [1.54, 1.807) is 23.0 Å². The highest BCUT2D eigenvalue weighted by Crippen LogP contribution is 2.21. The number of ketones is 1. The largest absolute Gasteiger partial charge is 0.619 e. The highest BCUT2D eigenvalue weighted by molar-refractivity contribution is 6.07. The number of hydrogen-bond acceptors (Lipinski definition) is 3. The van der Waals surface area contributed by atoms with Crippen LogP contribution in [0, 0.1) is 5.21 Å². The molecule has 0 spiro atoms. The minimum Gasteiger partial charge on any atom is -0.619 e. The van der Waals surface area contributed by atoms with Crippen molar-refractivity contribution in [3.05, 3.63) is 59.7 Å². The molecule has 5 nitrogen and oxygen atoms in total. The van der Waals surface area contributed by atoms with Crippen LogP contribution < -0.4 is 4.73 Å². The van der Waals surface area contributed by atoms with Gasteiger partial charge in [0, 0.05) is 29.6 Å². The lowest BCUT2D eigenvalue weighted by Gasteiger charge is -2.00. The van der Waals surface area contributed by atoms with E-state index < -0.39 is 0 Å². The lowest BCUT2D eigenvalue weighted by molar-refractivity contribution is -0.605. The second-order valence-corrected chi connectivity index (χ2v) is 4.91. The summed E-state index contributed by atoms with van der Waals surface area (Å²) in [5.74, 6) is 0.120. The minimum absolute atomic E-state index is 0.120. The Bertz CT molecular complexity index is 808. The van der Waals surface area contributed by atoms with E-state index in [-0.39, 0.29) is 5.78 Å². The summed E-state index contributed by atoms with van der Waals surface area (Å²) < 4.78 is 2.35. The summed E-state index contributed by atoms with van der Waals surface area (Å²) in [5, 5.41) is 16.6. The van der Waals surface area contributed by atoms with E-state index in [0.29, 0.717) is 17.7 Å². The number of nitrogens with zero attached hydrogens (tertiary/aromatic N) is 3. The molecule has 106 valence electrons. The zero-order valence-electron chi connectivity index (χ0n) is 11.7. The summed E-state index contributed by atoms with van der Waals surface area (Å²) in [7, 11) is 0. The van der Waals surface area contributed by atoms with Crippen LogP contribution >= 0.6 is 0 Å². The maximum absolute atomic E-state index is 12.2. The van der Waals surface area contributed by atoms with Crippen LogP contribution in [0.3, 0.4) is 0 Å². The third kappa shape index (κ3) is 2.50. The average molecular weight is 281 g/mol. The van der Waals surface area contributed by atoms with Crippen molar-refractivity contribution in [2.45, 2.75) is 19.8 Å². The van der Waals surface area contributed by atoms with E-state index >= 15 is 0 Å². The third-order valence-corrected chi connectivity index (χ3v) is 3.35. The molecule has 0 aliphatic rings. The lowest BCUT2D eigenvalue weighted by Crippen LogP contribution is -2.25. The van der Waals surface area contributed by atoms with Crippen LogP contribution in [0.4, 0.5) is 0 Å². The van der Waals surface area contributed by atoms with Gasteiger partial charge in [-0.1, -0.05) is 19.1 Å². The molecule has 0 radical (unpaired) electrons. The number of rotatable bonds is 4. The van der Waals surface area contributed by atoms with Gasteiger partial charge in [-0.2, -0.15) is 9.83 Å². The molecular weight excluding hydrogens is 266 g/mol. The zero-order valence-corrected chi connectivity index (χ0v) is 11.7. The monoisotopic (exact) mass is 281 g/mol. The Labute approximate surface area is 122 Å². The molecule has 2 heterocycles. The third-order valence-electron chi connectivity index (χ3n) is 3.35. The van der Waals surface area contributed by atoms with Gasteiger partial charge in [0.05, 0.1) is 5.52 Å². The van der Waals surface area contributed by atoms with Gasteiger partial charge in [-0.3, -0.25) is 4.79 Å². The Morgan fingerprint density at radius 3 is 2.95 bits per heavy atom. The maximum Gasteiger partial charge on any atom is 0.206 e. The van der Waals surface area contributed by atoms with E-state index in [1.165, 1.54) is 12.4 Å². The predicted molar refractivity (Wildman–Crippen MR) is 79.3 cm³/mol. The number of pyridine rings is 1. The summed E-state index contributed by atoms with van der Waals surface area (Å²) in [6, 6.07) is 8.99. The van der Waals surface area contributed by atoms with Crippen molar-refractivity contribution < 1.29 is 9.52 Å². The molecule has 0 fully saturated rings. The second kappa shape index (κ2) is 5.36. The number of fused-ring (bicyclic) bond motifs is 1. The number of Topliss-reactive ketones (excluding diaryl/α,β-unsaturated/α-hetero) is 1. The Balaban J connectivity index is 2.12. The molecular formula is C16H15N3O2. The maximum atomic E-state index is 12.2. The molecule has 5 heteroatoms. The molecule has 21 heavy (non-hydrogen) atoms. The lowest BCUT2D eigenvalue weighted by atomic mass is 10.0. The van der Waals surface area contributed by atoms with Crippen LogP contribution in [0.2, 0.25) is 0 Å². The summed E-state index contributed by atoms with van der Waals surface area (Å²) in [6.07, 6.45) is 6.00. The fourth-order valence-electron chi connectivity index (χ4n) is 2.36. The van der Waals surface area contributed by atoms with Crippen molar-refractivity contribution in [3.63, 3.8) is 0 Å². The van der Waals surface area contributed by atoms with Crippen molar-refractivity contribution in [1.82, 2.24) is 9.78 Å². The van der Waals surface area contributed by atoms with Gasteiger partial charge in [0.2, 0.25) is 6.20 Å². The smallest absolute Gasteiger partial charge is 0.206 e. The van der Waals surface area contributed by atoms with Crippen LogP contribution in [0.5, 0.6) is 0 Å². The van der Waals surface area contributed by atoms with E-state index in [2.05, 4.69) is 5.10 Å². The normalized spacial score (nSPS) is 10.9. The van der Waals surface area contributed by atoms with E-state index in [1.807, 2.05) is 25.1 Å². The quantitative estimate of drug-likeness (QED) is 0.419. The molecule has 0 unspecified atom stereocenters. The van der Waals surface area contributed by atoms with Crippen molar-refractivity contribution in [2.75, 3.05) is 0 Å². The van der Waals surface area contributed by atoms with Gasteiger partial charge in [0.25, 0.3) is 0 Å². The molecule has 0 aliphatic heterocycles. The Hall–Kier alpha value is -2.69. The van der Waals surface area contributed by atoms with Crippen molar-refractivity contribution in [3.8, 4) is 5.69 Å². The highest BCUT2D eigenvalue weighted by atomic mass is 16.5. The molecule has 0 N–H and O–H groups in total. The minimum atomic E-state index is 0.120. The summed E-state index contributed by atoms with van der Waals surface area (Å²) >= 11 is 0. The molecule has 0 saturated carbocycles. The van der Waals surface area contributed by atoms with Gasteiger partial charge in [-0.05, 0) is 18.6 Å². The number of carbonyl (C=O) groups excluding carboxylic acids is 1. The van der Waals surface area contributed by atoms with Gasteiger partial charge < -0.3 is 5.21 Å². The van der Waals surface area contributed by atoms with Gasteiger partial charge in [0.15, 0.2) is 12.0 Å². The molecule has 1 aromatic carbocycles. The molecule has 0 aliphatic carbocycles. The average Bonchev–Trinajstić information content (AvgIpc) is 2.91. The van der Waals surface area contributed by atoms with Crippen molar-refractivity contribution >= 4 is 16.7 Å².